The van der Waals surface area contributed by atoms with Crippen molar-refractivity contribution in [3.63, 3.8) is 0 Å². The standard InChI is InChI=1S/C16H17N3O4S/c20-14(19-10-1-2-12(19)11(7-10)16(21)22)4-3-13-17-18-15(23-13)9-5-6-24-8-9/h5-6,8,10-12H,1-4,7H2,(H,21,22)/t10-,11-,12+/m1/s1. The predicted octanol–water partition coefficient (Wildman–Crippen LogP) is 2.19. The first-order valence-electron chi connectivity index (χ1n) is 8.02. The second-order valence-corrected chi connectivity index (χ2v) is 7.07. The zero-order chi connectivity index (χ0) is 16.7. The molecule has 0 saturated carbocycles. The van der Waals surface area contributed by atoms with Gasteiger partial charge in [-0.25, -0.2) is 0 Å². The van der Waals surface area contributed by atoms with E-state index in [2.05, 4.69) is 10.2 Å². The predicted molar refractivity (Wildman–Crippen MR) is 85.3 cm³/mol. The number of rotatable bonds is 5. The average Bonchev–Trinajstić information content (AvgIpc) is 3.35. The first-order chi connectivity index (χ1) is 11.6. The highest BCUT2D eigenvalue weighted by atomic mass is 32.1. The third kappa shape index (κ3) is 2.60. The second kappa shape index (κ2) is 6.01. The second-order valence-electron chi connectivity index (χ2n) is 6.29. The molecule has 2 fully saturated rings. The van der Waals surface area contributed by atoms with Gasteiger partial charge < -0.3 is 14.4 Å². The van der Waals surface area contributed by atoms with E-state index in [9.17, 15) is 14.7 Å². The number of nitrogens with zero attached hydrogens (tertiary/aromatic N) is 3. The van der Waals surface area contributed by atoms with Crippen LogP contribution in [0.2, 0.25) is 0 Å². The SMILES string of the molecule is O=C(O)[C@@H]1C[C@H]2CC[C@@H]1N2C(=O)CCc1nnc(-c2ccsc2)o1. The molecule has 0 aliphatic carbocycles. The van der Waals surface area contributed by atoms with Gasteiger partial charge >= 0.3 is 5.97 Å². The number of fused-ring (bicyclic) bond motifs is 2. The van der Waals surface area contributed by atoms with Gasteiger partial charge in [-0.05, 0) is 30.7 Å². The minimum absolute atomic E-state index is 0.0125. The highest BCUT2D eigenvalue weighted by Gasteiger charge is 2.50. The van der Waals surface area contributed by atoms with Crippen LogP contribution in [-0.2, 0) is 16.0 Å². The Morgan fingerprint density at radius 2 is 2.25 bits per heavy atom. The lowest BCUT2D eigenvalue weighted by Crippen LogP contribution is -2.38. The summed E-state index contributed by atoms with van der Waals surface area (Å²) in [5.41, 5.74) is 0.881. The number of carbonyl (C=O) groups is 2. The number of carbonyl (C=O) groups excluding carboxylic acids is 1. The van der Waals surface area contributed by atoms with E-state index in [0.717, 1.165) is 18.4 Å². The first-order valence-corrected chi connectivity index (χ1v) is 8.96. The zero-order valence-corrected chi connectivity index (χ0v) is 13.7. The van der Waals surface area contributed by atoms with Gasteiger partial charge in [-0.1, -0.05) is 0 Å². The quantitative estimate of drug-likeness (QED) is 0.890. The van der Waals surface area contributed by atoms with Gasteiger partial charge in [0.25, 0.3) is 0 Å². The van der Waals surface area contributed by atoms with E-state index in [-0.39, 0.29) is 24.4 Å². The molecule has 0 aromatic carbocycles. The fourth-order valence-corrected chi connectivity index (χ4v) is 4.47. The van der Waals surface area contributed by atoms with Crippen molar-refractivity contribution >= 4 is 23.2 Å². The third-order valence-electron chi connectivity index (χ3n) is 4.93. The number of amides is 1. The number of aliphatic carboxylic acids is 1. The molecule has 4 rings (SSSR count). The van der Waals surface area contributed by atoms with Crippen LogP contribution in [0.5, 0.6) is 0 Å². The minimum Gasteiger partial charge on any atom is -0.481 e. The van der Waals surface area contributed by atoms with Gasteiger partial charge in [0.2, 0.25) is 17.7 Å². The van der Waals surface area contributed by atoms with Crippen molar-refractivity contribution in [2.45, 2.75) is 44.2 Å². The highest BCUT2D eigenvalue weighted by molar-refractivity contribution is 7.08. The van der Waals surface area contributed by atoms with Crippen molar-refractivity contribution in [3.05, 3.63) is 22.7 Å². The van der Waals surface area contributed by atoms with Crippen LogP contribution in [0.1, 0.15) is 31.6 Å². The molecule has 2 aromatic heterocycles. The molecule has 2 saturated heterocycles. The number of aromatic nitrogens is 2. The van der Waals surface area contributed by atoms with Crippen molar-refractivity contribution in [2.75, 3.05) is 0 Å². The van der Waals surface area contributed by atoms with Crippen molar-refractivity contribution in [1.29, 1.82) is 0 Å². The summed E-state index contributed by atoms with van der Waals surface area (Å²) in [6, 6.07) is 1.83. The number of thiophene rings is 1. The molecule has 7 nitrogen and oxygen atoms in total. The Morgan fingerprint density at radius 1 is 1.38 bits per heavy atom. The van der Waals surface area contributed by atoms with Crippen LogP contribution in [0, 0.1) is 5.92 Å². The van der Waals surface area contributed by atoms with Crippen LogP contribution in [0.25, 0.3) is 11.5 Å². The molecule has 2 aliphatic heterocycles. The van der Waals surface area contributed by atoms with Gasteiger partial charge in [0.15, 0.2) is 0 Å². The molecular weight excluding hydrogens is 330 g/mol. The Kier molecular flexibility index (Phi) is 3.84. The monoisotopic (exact) mass is 347 g/mol. The number of aryl methyl sites for hydroxylation is 1. The fourth-order valence-electron chi connectivity index (χ4n) is 3.84. The van der Waals surface area contributed by atoms with Gasteiger partial charge in [0.1, 0.15) is 0 Å². The summed E-state index contributed by atoms with van der Waals surface area (Å²) in [6.07, 6.45) is 2.92. The summed E-state index contributed by atoms with van der Waals surface area (Å²) in [6.45, 7) is 0. The summed E-state index contributed by atoms with van der Waals surface area (Å²) in [5.74, 6) is -0.322. The summed E-state index contributed by atoms with van der Waals surface area (Å²) < 4.78 is 5.59. The van der Waals surface area contributed by atoms with Gasteiger partial charge in [-0.2, -0.15) is 11.3 Å². The van der Waals surface area contributed by atoms with Gasteiger partial charge in [0.05, 0.1) is 5.92 Å². The normalized spacial score (nSPS) is 25.3. The van der Waals surface area contributed by atoms with Crippen molar-refractivity contribution < 1.29 is 19.1 Å². The van der Waals surface area contributed by atoms with Gasteiger partial charge in [0, 0.05) is 35.9 Å². The lowest BCUT2D eigenvalue weighted by atomic mass is 9.89. The molecule has 8 heteroatoms. The van der Waals surface area contributed by atoms with Gasteiger partial charge in [-0.3, -0.25) is 9.59 Å². The Hall–Kier alpha value is -2.22. The van der Waals surface area contributed by atoms with Crippen LogP contribution >= 0.6 is 11.3 Å². The van der Waals surface area contributed by atoms with Crippen molar-refractivity contribution in [1.82, 2.24) is 15.1 Å². The summed E-state index contributed by atoms with van der Waals surface area (Å²) in [5, 5.41) is 21.1. The zero-order valence-electron chi connectivity index (χ0n) is 12.9. The molecule has 1 amide bonds. The van der Waals surface area contributed by atoms with E-state index in [1.807, 2.05) is 16.8 Å². The Morgan fingerprint density at radius 3 is 2.96 bits per heavy atom. The van der Waals surface area contributed by atoms with Crippen LogP contribution in [0.4, 0.5) is 0 Å². The van der Waals surface area contributed by atoms with Crippen LogP contribution < -0.4 is 0 Å². The highest BCUT2D eigenvalue weighted by Crippen LogP contribution is 2.42. The third-order valence-corrected chi connectivity index (χ3v) is 5.61. The van der Waals surface area contributed by atoms with Crippen molar-refractivity contribution in [3.8, 4) is 11.5 Å². The molecule has 3 atom stereocenters. The van der Waals surface area contributed by atoms with E-state index in [0.29, 0.717) is 24.6 Å². The maximum Gasteiger partial charge on any atom is 0.308 e. The van der Waals surface area contributed by atoms with Crippen molar-refractivity contribution in [2.24, 2.45) is 5.92 Å². The fraction of sp³-hybridized carbons (Fsp3) is 0.500. The molecule has 0 radical (unpaired) electrons. The summed E-state index contributed by atoms with van der Waals surface area (Å²) >= 11 is 1.55. The van der Waals surface area contributed by atoms with Crippen LogP contribution in [-0.4, -0.2) is 44.2 Å². The Bertz CT molecular complexity index is 757. The summed E-state index contributed by atoms with van der Waals surface area (Å²) in [4.78, 5) is 25.6. The Balaban J connectivity index is 1.38. The molecular formula is C16H17N3O4S. The van der Waals surface area contributed by atoms with Crippen LogP contribution in [0.3, 0.4) is 0 Å². The molecule has 0 unspecified atom stereocenters. The lowest BCUT2D eigenvalue weighted by Gasteiger charge is -2.22. The van der Waals surface area contributed by atoms with Gasteiger partial charge in [-0.15, -0.1) is 10.2 Å². The minimum atomic E-state index is -0.794. The molecule has 2 aliphatic rings. The average molecular weight is 347 g/mol. The molecule has 2 aromatic rings. The number of carboxylic acid groups (broad SMARTS) is 1. The largest absolute Gasteiger partial charge is 0.481 e. The number of carboxylic acids is 1. The molecule has 126 valence electrons. The van der Waals surface area contributed by atoms with E-state index in [1.54, 1.807) is 16.2 Å². The van der Waals surface area contributed by atoms with E-state index in [4.69, 9.17) is 4.42 Å². The molecule has 24 heavy (non-hydrogen) atoms. The van der Waals surface area contributed by atoms with E-state index in [1.165, 1.54) is 0 Å². The lowest BCUT2D eigenvalue weighted by molar-refractivity contribution is -0.143. The maximum atomic E-state index is 12.5. The molecule has 2 bridgehead atoms. The molecule has 4 heterocycles. The van der Waals surface area contributed by atoms with E-state index < -0.39 is 11.9 Å². The topological polar surface area (TPSA) is 96.5 Å². The van der Waals surface area contributed by atoms with E-state index >= 15 is 0 Å². The molecule has 1 N–H and O–H groups in total. The first kappa shape index (κ1) is 15.3. The number of hydrogen-bond donors (Lipinski definition) is 1. The Labute approximate surface area is 142 Å². The smallest absolute Gasteiger partial charge is 0.308 e. The molecule has 0 spiro atoms. The van der Waals surface area contributed by atoms with Crippen LogP contribution in [0.15, 0.2) is 21.2 Å². The summed E-state index contributed by atoms with van der Waals surface area (Å²) in [7, 11) is 0. The number of hydrogen-bond acceptors (Lipinski definition) is 6. The maximum absolute atomic E-state index is 12.5.